The van der Waals surface area contributed by atoms with Crippen LogP contribution in [-0.4, -0.2) is 26.4 Å². The number of hydrogen-bond donors (Lipinski definition) is 0. The highest BCUT2D eigenvalue weighted by Crippen LogP contribution is 2.36. The van der Waals surface area contributed by atoms with E-state index in [2.05, 4.69) is 13.6 Å². The van der Waals surface area contributed by atoms with Crippen molar-refractivity contribution in [3.8, 4) is 5.75 Å². The molecule has 0 unspecified atom stereocenters. The maximum absolute atomic E-state index is 12.2. The van der Waals surface area contributed by atoms with Crippen molar-refractivity contribution in [2.45, 2.75) is 10.4 Å². The van der Waals surface area contributed by atoms with Crippen molar-refractivity contribution in [2.75, 3.05) is 0 Å². The van der Waals surface area contributed by atoms with Crippen LogP contribution in [0.25, 0.3) is 0 Å². The first-order valence-electron chi connectivity index (χ1n) is 4.67. The smallest absolute Gasteiger partial charge is 0.376 e. The van der Waals surface area contributed by atoms with Gasteiger partial charge in [-0.2, -0.15) is 21.6 Å². The molecule has 0 fully saturated rings. The summed E-state index contributed by atoms with van der Waals surface area (Å²) >= 11 is 0.946. The van der Waals surface area contributed by atoms with Crippen LogP contribution in [0.1, 0.15) is 0 Å². The fourth-order valence-corrected chi connectivity index (χ4v) is 2.19. The van der Waals surface area contributed by atoms with Gasteiger partial charge < -0.3 is 4.18 Å². The Bertz CT molecular complexity index is 653. The van der Waals surface area contributed by atoms with Gasteiger partial charge in [0.15, 0.2) is 0 Å². The molecule has 0 aromatic heterocycles. The van der Waals surface area contributed by atoms with Crippen molar-refractivity contribution >= 4 is 40.2 Å². The Balaban J connectivity index is 2.32. The monoisotopic (exact) mass is 310 g/mol. The van der Waals surface area contributed by atoms with E-state index in [0.717, 1.165) is 24.1 Å². The van der Waals surface area contributed by atoms with E-state index < -0.39 is 21.4 Å². The van der Waals surface area contributed by atoms with E-state index in [0.29, 0.717) is 10.6 Å². The Morgan fingerprint density at radius 3 is 2.63 bits per heavy atom. The minimum atomic E-state index is -5.67. The Labute approximate surface area is 110 Å². The SMILES string of the molecule is O=S(=O)(Oc1ccc2c(c1)SN=CC=N2)C(F)(F)F. The molecule has 0 amide bonds. The van der Waals surface area contributed by atoms with Crippen molar-refractivity contribution < 1.29 is 25.8 Å². The van der Waals surface area contributed by atoms with Crippen LogP contribution in [-0.2, 0) is 10.1 Å². The fourth-order valence-electron chi connectivity index (χ4n) is 1.13. The lowest BCUT2D eigenvalue weighted by Gasteiger charge is -2.10. The largest absolute Gasteiger partial charge is 0.534 e. The molecule has 1 aliphatic heterocycles. The maximum Gasteiger partial charge on any atom is 0.534 e. The predicted molar refractivity (Wildman–Crippen MR) is 64.5 cm³/mol. The van der Waals surface area contributed by atoms with E-state index in [-0.39, 0.29) is 0 Å². The third-order valence-electron chi connectivity index (χ3n) is 1.91. The van der Waals surface area contributed by atoms with Crippen molar-refractivity contribution in [3.05, 3.63) is 18.2 Å². The number of aliphatic imine (C=N–C) groups is 1. The Kier molecular flexibility index (Phi) is 3.54. The molecule has 19 heavy (non-hydrogen) atoms. The number of fused-ring (bicyclic) bond motifs is 1. The minimum Gasteiger partial charge on any atom is -0.376 e. The van der Waals surface area contributed by atoms with Gasteiger partial charge in [-0.25, -0.2) is 4.40 Å². The molecule has 1 aliphatic rings. The van der Waals surface area contributed by atoms with Crippen molar-refractivity contribution in [1.29, 1.82) is 0 Å². The van der Waals surface area contributed by atoms with Gasteiger partial charge in [0.1, 0.15) is 5.75 Å². The molecule has 0 spiro atoms. The molecule has 1 heterocycles. The topological polar surface area (TPSA) is 68.1 Å². The molecular weight excluding hydrogens is 305 g/mol. The van der Waals surface area contributed by atoms with Crippen LogP contribution in [0.5, 0.6) is 5.75 Å². The van der Waals surface area contributed by atoms with E-state index >= 15 is 0 Å². The van der Waals surface area contributed by atoms with E-state index in [9.17, 15) is 21.6 Å². The first-order valence-corrected chi connectivity index (χ1v) is 6.85. The summed E-state index contributed by atoms with van der Waals surface area (Å²) in [5.74, 6) is -0.448. The van der Waals surface area contributed by atoms with E-state index in [1.54, 1.807) is 0 Å². The number of benzene rings is 1. The second-order valence-electron chi connectivity index (χ2n) is 3.24. The summed E-state index contributed by atoms with van der Waals surface area (Å²) in [6.07, 6.45) is 2.81. The van der Waals surface area contributed by atoms with Crippen LogP contribution in [0.4, 0.5) is 18.9 Å². The zero-order valence-corrected chi connectivity index (χ0v) is 10.6. The van der Waals surface area contributed by atoms with Crippen LogP contribution in [0.2, 0.25) is 0 Å². The molecule has 0 radical (unpaired) electrons. The number of alkyl halides is 3. The van der Waals surface area contributed by atoms with Crippen LogP contribution < -0.4 is 4.18 Å². The summed E-state index contributed by atoms with van der Waals surface area (Å²) < 4.78 is 66.0. The highest BCUT2D eigenvalue weighted by Gasteiger charge is 2.48. The lowest BCUT2D eigenvalue weighted by molar-refractivity contribution is -0.0500. The second kappa shape index (κ2) is 4.85. The molecule has 0 saturated heterocycles. The maximum atomic E-state index is 12.2. The number of rotatable bonds is 2. The molecule has 1 aromatic carbocycles. The highest BCUT2D eigenvalue weighted by atomic mass is 32.2. The van der Waals surface area contributed by atoms with Crippen LogP contribution in [0.3, 0.4) is 0 Å². The van der Waals surface area contributed by atoms with Gasteiger partial charge in [0.2, 0.25) is 0 Å². The molecule has 1 aromatic rings. The Morgan fingerprint density at radius 1 is 1.21 bits per heavy atom. The summed E-state index contributed by atoms with van der Waals surface area (Å²) in [6.45, 7) is 0. The predicted octanol–water partition coefficient (Wildman–Crippen LogP) is 2.71. The molecule has 0 N–H and O–H groups in total. The standard InChI is InChI=1S/C9H5F3N2O3S2/c10-9(11,12)19(15,16)17-6-1-2-7-8(5-6)18-14-4-3-13-7/h1-5H. The second-order valence-corrected chi connectivity index (χ2v) is 5.61. The van der Waals surface area contributed by atoms with Crippen LogP contribution >= 0.6 is 11.9 Å². The fraction of sp³-hybridized carbons (Fsp3) is 0.111. The summed E-state index contributed by atoms with van der Waals surface area (Å²) in [7, 11) is -5.67. The number of halogens is 3. The van der Waals surface area contributed by atoms with E-state index in [1.807, 2.05) is 0 Å². The summed E-state index contributed by atoms with van der Waals surface area (Å²) in [5, 5.41) is 0. The molecule has 5 nitrogen and oxygen atoms in total. The quantitative estimate of drug-likeness (QED) is 0.478. The van der Waals surface area contributed by atoms with Crippen molar-refractivity contribution in [3.63, 3.8) is 0 Å². The zero-order chi connectivity index (χ0) is 14.1. The molecule has 0 bridgehead atoms. The van der Waals surface area contributed by atoms with E-state index in [4.69, 9.17) is 0 Å². The third kappa shape index (κ3) is 3.07. The summed E-state index contributed by atoms with van der Waals surface area (Å²) in [6, 6.07) is 3.56. The molecular formula is C9H5F3N2O3S2. The normalized spacial score (nSPS) is 14.9. The zero-order valence-electron chi connectivity index (χ0n) is 8.96. The lowest BCUT2D eigenvalue weighted by atomic mass is 10.3. The van der Waals surface area contributed by atoms with Gasteiger partial charge in [-0.1, -0.05) is 0 Å². The van der Waals surface area contributed by atoms with Gasteiger partial charge in [0, 0.05) is 18.2 Å². The molecule has 0 atom stereocenters. The number of hydrogen-bond acceptors (Lipinski definition) is 6. The Hall–Kier alpha value is -1.55. The van der Waals surface area contributed by atoms with Crippen molar-refractivity contribution in [2.24, 2.45) is 9.39 Å². The van der Waals surface area contributed by atoms with Crippen LogP contribution in [0, 0.1) is 0 Å². The molecule has 0 aliphatic carbocycles. The average molecular weight is 310 g/mol. The number of nitrogens with zero attached hydrogens (tertiary/aromatic N) is 2. The average Bonchev–Trinajstić information content (AvgIpc) is 2.51. The molecule has 0 saturated carbocycles. The summed E-state index contributed by atoms with van der Waals surface area (Å²) in [5.41, 5.74) is -5.01. The van der Waals surface area contributed by atoms with Crippen molar-refractivity contribution in [1.82, 2.24) is 0 Å². The van der Waals surface area contributed by atoms with E-state index in [1.165, 1.54) is 18.5 Å². The molecule has 2 rings (SSSR count). The minimum absolute atomic E-state index is 0.389. The highest BCUT2D eigenvalue weighted by molar-refractivity contribution is 7.98. The molecule has 10 heteroatoms. The summed E-state index contributed by atoms with van der Waals surface area (Å²) in [4.78, 5) is 4.34. The van der Waals surface area contributed by atoms with Gasteiger partial charge >= 0.3 is 15.6 Å². The van der Waals surface area contributed by atoms with Gasteiger partial charge in [0.25, 0.3) is 0 Å². The van der Waals surface area contributed by atoms with Gasteiger partial charge in [0.05, 0.1) is 16.8 Å². The first-order chi connectivity index (χ1) is 8.79. The molecule has 102 valence electrons. The lowest BCUT2D eigenvalue weighted by Crippen LogP contribution is -2.28. The van der Waals surface area contributed by atoms with Gasteiger partial charge in [-0.05, 0) is 18.2 Å². The van der Waals surface area contributed by atoms with Gasteiger partial charge in [-0.15, -0.1) is 0 Å². The third-order valence-corrected chi connectivity index (χ3v) is 3.64. The van der Waals surface area contributed by atoms with Gasteiger partial charge in [-0.3, -0.25) is 4.99 Å². The first kappa shape index (κ1) is 13.9. The Morgan fingerprint density at radius 2 is 1.95 bits per heavy atom. The van der Waals surface area contributed by atoms with Crippen LogP contribution in [0.15, 0.2) is 32.5 Å².